The number of hydrogen-bond donors (Lipinski definition) is 1. The highest BCUT2D eigenvalue weighted by atomic mass is 35.5. The molecule has 5 nitrogen and oxygen atoms in total. The summed E-state index contributed by atoms with van der Waals surface area (Å²) in [6.07, 6.45) is 1.56. The molecule has 1 amide bonds. The standard InChI is InChI=1S/C23H26ClN3O2/c1-23(2,3)18-8-10-19(11-9-18)29-15-16-6-5-7-17(12-16)22(28)25-14-21-20(24)13-26-27(21)4/h5-13H,14-15H2,1-4H3,(H,25,28). The number of aryl methyl sites for hydroxylation is 1. The molecule has 6 heteroatoms. The number of benzene rings is 2. The minimum absolute atomic E-state index is 0.111. The summed E-state index contributed by atoms with van der Waals surface area (Å²) in [5.74, 6) is 0.636. The van der Waals surface area contributed by atoms with Crippen LogP contribution in [0.25, 0.3) is 0 Å². The Morgan fingerprint density at radius 3 is 2.52 bits per heavy atom. The molecular formula is C23H26ClN3O2. The van der Waals surface area contributed by atoms with Gasteiger partial charge in [-0.05, 0) is 40.8 Å². The Kier molecular flexibility index (Phi) is 6.28. The fraction of sp³-hybridized carbons (Fsp3) is 0.304. The van der Waals surface area contributed by atoms with Crippen molar-refractivity contribution in [3.05, 3.63) is 82.1 Å². The molecule has 0 radical (unpaired) electrons. The molecule has 152 valence electrons. The Balaban J connectivity index is 1.59. The molecule has 0 spiro atoms. The number of nitrogens with one attached hydrogen (secondary N) is 1. The second-order valence-corrected chi connectivity index (χ2v) is 8.42. The first-order valence-corrected chi connectivity index (χ1v) is 9.88. The number of rotatable bonds is 6. The van der Waals surface area contributed by atoms with Crippen molar-refractivity contribution in [3.8, 4) is 5.75 Å². The van der Waals surface area contributed by atoms with Gasteiger partial charge in [-0.1, -0.05) is 56.6 Å². The van der Waals surface area contributed by atoms with E-state index in [-0.39, 0.29) is 11.3 Å². The molecule has 2 aromatic carbocycles. The maximum Gasteiger partial charge on any atom is 0.251 e. The Bertz CT molecular complexity index is 969. The van der Waals surface area contributed by atoms with Gasteiger partial charge in [0, 0.05) is 12.6 Å². The van der Waals surface area contributed by atoms with Crippen LogP contribution in [-0.4, -0.2) is 15.7 Å². The molecule has 0 aliphatic carbocycles. The third kappa shape index (κ3) is 5.39. The number of nitrogens with zero attached hydrogens (tertiary/aromatic N) is 2. The average molecular weight is 412 g/mol. The number of carbonyl (C=O) groups excluding carboxylic acids is 1. The van der Waals surface area contributed by atoms with Gasteiger partial charge in [-0.2, -0.15) is 5.10 Å². The molecule has 3 rings (SSSR count). The first-order chi connectivity index (χ1) is 13.7. The summed E-state index contributed by atoms with van der Waals surface area (Å²) in [6.45, 7) is 7.25. The number of aromatic nitrogens is 2. The van der Waals surface area contributed by atoms with Gasteiger partial charge in [-0.3, -0.25) is 9.48 Å². The lowest BCUT2D eigenvalue weighted by molar-refractivity contribution is 0.0950. The monoisotopic (exact) mass is 411 g/mol. The average Bonchev–Trinajstić information content (AvgIpc) is 3.02. The molecule has 0 fully saturated rings. The highest BCUT2D eigenvalue weighted by Gasteiger charge is 2.13. The zero-order valence-corrected chi connectivity index (χ0v) is 18.0. The Morgan fingerprint density at radius 2 is 1.90 bits per heavy atom. The van der Waals surface area contributed by atoms with E-state index < -0.39 is 0 Å². The summed E-state index contributed by atoms with van der Waals surface area (Å²) in [4.78, 5) is 12.5. The first-order valence-electron chi connectivity index (χ1n) is 9.51. The van der Waals surface area contributed by atoms with Crippen LogP contribution in [0.2, 0.25) is 5.02 Å². The molecule has 0 saturated carbocycles. The molecule has 0 saturated heterocycles. The Morgan fingerprint density at radius 1 is 1.17 bits per heavy atom. The molecule has 1 aromatic heterocycles. The predicted molar refractivity (Wildman–Crippen MR) is 115 cm³/mol. The van der Waals surface area contributed by atoms with Gasteiger partial charge in [0.05, 0.1) is 23.5 Å². The topological polar surface area (TPSA) is 56.2 Å². The van der Waals surface area contributed by atoms with E-state index in [1.165, 1.54) is 5.56 Å². The lowest BCUT2D eigenvalue weighted by Gasteiger charge is -2.19. The summed E-state index contributed by atoms with van der Waals surface area (Å²) < 4.78 is 7.53. The van der Waals surface area contributed by atoms with Crippen molar-refractivity contribution >= 4 is 17.5 Å². The molecule has 0 aliphatic rings. The van der Waals surface area contributed by atoms with Gasteiger partial charge in [-0.15, -0.1) is 0 Å². The summed E-state index contributed by atoms with van der Waals surface area (Å²) in [6, 6.07) is 15.5. The highest BCUT2D eigenvalue weighted by molar-refractivity contribution is 6.31. The maximum absolute atomic E-state index is 12.5. The Labute approximate surface area is 176 Å². The molecule has 0 bridgehead atoms. The van der Waals surface area contributed by atoms with Crippen LogP contribution < -0.4 is 10.1 Å². The van der Waals surface area contributed by atoms with E-state index >= 15 is 0 Å². The van der Waals surface area contributed by atoms with Crippen molar-refractivity contribution in [3.63, 3.8) is 0 Å². The number of halogens is 1. The highest BCUT2D eigenvalue weighted by Crippen LogP contribution is 2.24. The molecule has 3 aromatic rings. The summed E-state index contributed by atoms with van der Waals surface area (Å²) in [7, 11) is 1.79. The summed E-state index contributed by atoms with van der Waals surface area (Å²) in [5, 5.41) is 7.48. The zero-order valence-electron chi connectivity index (χ0n) is 17.2. The third-order valence-electron chi connectivity index (χ3n) is 4.74. The van der Waals surface area contributed by atoms with Gasteiger partial charge in [0.25, 0.3) is 5.91 Å². The summed E-state index contributed by atoms with van der Waals surface area (Å²) >= 11 is 6.08. The van der Waals surface area contributed by atoms with Crippen molar-refractivity contribution < 1.29 is 9.53 Å². The van der Waals surface area contributed by atoms with E-state index in [1.54, 1.807) is 24.0 Å². The predicted octanol–water partition coefficient (Wildman–Crippen LogP) is 4.88. The van der Waals surface area contributed by atoms with Gasteiger partial charge >= 0.3 is 0 Å². The van der Waals surface area contributed by atoms with Crippen molar-refractivity contribution in [2.24, 2.45) is 7.05 Å². The lowest BCUT2D eigenvalue weighted by Crippen LogP contribution is -2.24. The minimum atomic E-state index is -0.168. The van der Waals surface area contributed by atoms with Crippen LogP contribution in [0.5, 0.6) is 5.75 Å². The SMILES string of the molecule is Cn1ncc(Cl)c1CNC(=O)c1cccc(COc2ccc(C(C)(C)C)cc2)c1. The van der Waals surface area contributed by atoms with Gasteiger partial charge in [0.15, 0.2) is 0 Å². The van der Waals surface area contributed by atoms with Crippen molar-refractivity contribution in [2.75, 3.05) is 0 Å². The van der Waals surface area contributed by atoms with Crippen molar-refractivity contribution in [2.45, 2.75) is 39.3 Å². The molecule has 1 heterocycles. The van der Waals surface area contributed by atoms with Crippen LogP contribution in [0.4, 0.5) is 0 Å². The minimum Gasteiger partial charge on any atom is -0.489 e. The molecule has 0 unspecified atom stereocenters. The van der Waals surface area contributed by atoms with Crippen LogP contribution in [0.15, 0.2) is 54.7 Å². The Hall–Kier alpha value is -2.79. The largest absolute Gasteiger partial charge is 0.489 e. The third-order valence-corrected chi connectivity index (χ3v) is 5.06. The molecule has 0 aliphatic heterocycles. The van der Waals surface area contributed by atoms with E-state index in [0.717, 1.165) is 17.0 Å². The van der Waals surface area contributed by atoms with Gasteiger partial charge in [-0.25, -0.2) is 0 Å². The van der Waals surface area contributed by atoms with Gasteiger partial charge in [0.1, 0.15) is 12.4 Å². The maximum atomic E-state index is 12.5. The quantitative estimate of drug-likeness (QED) is 0.628. The second kappa shape index (κ2) is 8.70. The molecular weight excluding hydrogens is 386 g/mol. The number of ether oxygens (including phenoxy) is 1. The van der Waals surface area contributed by atoms with Crippen LogP contribution >= 0.6 is 11.6 Å². The van der Waals surface area contributed by atoms with Gasteiger partial charge < -0.3 is 10.1 Å². The van der Waals surface area contributed by atoms with E-state index in [4.69, 9.17) is 16.3 Å². The molecule has 1 N–H and O–H groups in total. The first kappa shape index (κ1) is 20.9. The van der Waals surface area contributed by atoms with Crippen molar-refractivity contribution in [1.29, 1.82) is 0 Å². The number of carbonyl (C=O) groups is 1. The smallest absolute Gasteiger partial charge is 0.251 e. The van der Waals surface area contributed by atoms with Gasteiger partial charge in [0.2, 0.25) is 0 Å². The second-order valence-electron chi connectivity index (χ2n) is 8.01. The molecule has 29 heavy (non-hydrogen) atoms. The number of amides is 1. The fourth-order valence-corrected chi connectivity index (χ4v) is 3.15. The zero-order chi connectivity index (χ0) is 21.0. The van der Waals surface area contributed by atoms with E-state index in [1.807, 2.05) is 30.3 Å². The lowest BCUT2D eigenvalue weighted by atomic mass is 9.87. The van der Waals surface area contributed by atoms with Crippen LogP contribution in [0, 0.1) is 0 Å². The van der Waals surface area contributed by atoms with E-state index in [9.17, 15) is 4.79 Å². The van der Waals surface area contributed by atoms with Crippen LogP contribution in [0.3, 0.4) is 0 Å². The van der Waals surface area contributed by atoms with E-state index in [0.29, 0.717) is 23.7 Å². The normalized spacial score (nSPS) is 11.3. The van der Waals surface area contributed by atoms with E-state index in [2.05, 4.69) is 43.3 Å². The summed E-state index contributed by atoms with van der Waals surface area (Å²) in [5.41, 5.74) is 3.64. The van der Waals surface area contributed by atoms with Crippen LogP contribution in [0.1, 0.15) is 48.0 Å². The fourth-order valence-electron chi connectivity index (χ4n) is 2.92. The number of hydrogen-bond acceptors (Lipinski definition) is 3. The molecule has 0 atom stereocenters. The van der Waals surface area contributed by atoms with Crippen LogP contribution in [-0.2, 0) is 25.6 Å². The van der Waals surface area contributed by atoms with Crippen molar-refractivity contribution in [1.82, 2.24) is 15.1 Å².